The molecule has 0 fully saturated rings. The van der Waals surface area contributed by atoms with E-state index in [0.29, 0.717) is 18.0 Å². The van der Waals surface area contributed by atoms with Crippen molar-refractivity contribution in [1.29, 1.82) is 0 Å². The average molecular weight is 547 g/mol. The number of ketones is 2. The van der Waals surface area contributed by atoms with Crippen molar-refractivity contribution in [3.63, 3.8) is 0 Å². The lowest BCUT2D eigenvalue weighted by Crippen LogP contribution is -2.52. The van der Waals surface area contributed by atoms with Crippen LogP contribution < -0.4 is 11.5 Å². The predicted octanol–water partition coefficient (Wildman–Crippen LogP) is 3.09. The van der Waals surface area contributed by atoms with Gasteiger partial charge >= 0.3 is 11.9 Å². The number of hydrogen-bond donors (Lipinski definition) is 3. The molecule has 206 valence electrons. The number of halogens is 1. The van der Waals surface area contributed by atoms with Crippen LogP contribution in [-0.2, 0) is 23.9 Å². The molecule has 0 saturated heterocycles. The van der Waals surface area contributed by atoms with Crippen LogP contribution in [0.5, 0.6) is 0 Å². The Kier molecular flexibility index (Phi) is 10.2. The van der Waals surface area contributed by atoms with Crippen molar-refractivity contribution >= 4 is 41.1 Å². The smallest absolute Gasteiger partial charge is 0.326 e. The van der Waals surface area contributed by atoms with Crippen molar-refractivity contribution in [2.24, 2.45) is 22.4 Å². The Labute approximate surface area is 227 Å². The first-order chi connectivity index (χ1) is 17.7. The summed E-state index contributed by atoms with van der Waals surface area (Å²) < 4.78 is 5.11. The summed E-state index contributed by atoms with van der Waals surface area (Å²) in [5, 5.41) is 9.81. The molecular formula is C27H35ClN4O6. The minimum atomic E-state index is -2.16. The zero-order valence-electron chi connectivity index (χ0n) is 22.3. The molecule has 0 radical (unpaired) electrons. The van der Waals surface area contributed by atoms with Crippen LogP contribution in [0.15, 0.2) is 62.9 Å². The summed E-state index contributed by atoms with van der Waals surface area (Å²) in [7, 11) is 0. The Morgan fingerprint density at radius 2 is 1.92 bits per heavy atom. The molecule has 2 aliphatic rings. The van der Waals surface area contributed by atoms with E-state index < -0.39 is 35.1 Å². The third-order valence-electron chi connectivity index (χ3n) is 6.30. The van der Waals surface area contributed by atoms with E-state index in [0.717, 1.165) is 18.9 Å². The molecule has 2 rings (SSSR count). The molecule has 0 aromatic rings. The fourth-order valence-electron chi connectivity index (χ4n) is 4.14. The molecule has 1 aliphatic heterocycles. The summed E-state index contributed by atoms with van der Waals surface area (Å²) in [6.45, 7) is 8.55. The van der Waals surface area contributed by atoms with E-state index in [1.165, 1.54) is 24.1 Å². The van der Waals surface area contributed by atoms with Crippen LogP contribution in [0.1, 0.15) is 53.9 Å². The number of guanidine groups is 1. The van der Waals surface area contributed by atoms with Crippen LogP contribution in [0, 0.1) is 5.92 Å². The van der Waals surface area contributed by atoms with Crippen LogP contribution in [0.4, 0.5) is 0 Å². The van der Waals surface area contributed by atoms with E-state index in [-0.39, 0.29) is 35.1 Å². The van der Waals surface area contributed by atoms with Crippen LogP contribution in [0.3, 0.4) is 0 Å². The van der Waals surface area contributed by atoms with Crippen LogP contribution in [0.25, 0.3) is 0 Å². The summed E-state index contributed by atoms with van der Waals surface area (Å²) in [5.41, 5.74) is 10.0. The zero-order chi connectivity index (χ0) is 28.8. The van der Waals surface area contributed by atoms with Crippen molar-refractivity contribution in [2.75, 3.05) is 6.54 Å². The number of aliphatic carboxylic acids is 1. The van der Waals surface area contributed by atoms with Crippen molar-refractivity contribution in [2.45, 2.75) is 65.5 Å². The van der Waals surface area contributed by atoms with Gasteiger partial charge in [0.05, 0.1) is 5.03 Å². The van der Waals surface area contributed by atoms with Gasteiger partial charge in [-0.15, -0.1) is 0 Å². The molecule has 0 bridgehead atoms. The Balaban J connectivity index is 2.65. The van der Waals surface area contributed by atoms with Gasteiger partial charge in [0.15, 0.2) is 5.96 Å². The number of allylic oxidation sites excluding steroid dienone is 6. The van der Waals surface area contributed by atoms with E-state index in [1.807, 2.05) is 13.0 Å². The van der Waals surface area contributed by atoms with Crippen molar-refractivity contribution in [1.82, 2.24) is 4.90 Å². The molecule has 11 heteroatoms. The molecular weight excluding hydrogens is 512 g/mol. The highest BCUT2D eigenvalue weighted by Gasteiger charge is 2.52. The van der Waals surface area contributed by atoms with Crippen LogP contribution in [0.2, 0.25) is 0 Å². The highest BCUT2D eigenvalue weighted by Crippen LogP contribution is 2.40. The topological polar surface area (TPSA) is 165 Å². The minimum Gasteiger partial charge on any atom is -0.480 e. The van der Waals surface area contributed by atoms with Crippen LogP contribution >= 0.6 is 11.6 Å². The maximum atomic E-state index is 13.4. The third-order valence-corrected chi connectivity index (χ3v) is 6.68. The van der Waals surface area contributed by atoms with Gasteiger partial charge in [0.1, 0.15) is 6.04 Å². The lowest BCUT2D eigenvalue weighted by molar-refractivity contribution is -0.167. The van der Waals surface area contributed by atoms with Gasteiger partial charge in [0.25, 0.3) is 0 Å². The number of Topliss-reactive ketones (excluding diaryl/α,β-unsaturated/α-hetero) is 2. The maximum absolute atomic E-state index is 13.4. The molecule has 10 nitrogen and oxygen atoms in total. The fourth-order valence-corrected chi connectivity index (χ4v) is 4.47. The number of nitrogens with two attached hydrogens (primary N) is 2. The summed E-state index contributed by atoms with van der Waals surface area (Å²) in [5.74, 6) is -3.37. The number of rotatable bonds is 11. The third kappa shape index (κ3) is 7.00. The molecule has 0 saturated carbocycles. The highest BCUT2D eigenvalue weighted by atomic mass is 35.5. The zero-order valence-corrected chi connectivity index (χ0v) is 23.0. The Morgan fingerprint density at radius 3 is 2.47 bits per heavy atom. The summed E-state index contributed by atoms with van der Waals surface area (Å²) in [6, 6.07) is -1.10. The Hall–Kier alpha value is -3.66. The van der Waals surface area contributed by atoms with Gasteiger partial charge in [-0.1, -0.05) is 49.6 Å². The average Bonchev–Trinajstić information content (AvgIpc) is 2.84. The number of hydrogen-bond acceptors (Lipinski definition) is 7. The number of esters is 1. The van der Waals surface area contributed by atoms with Gasteiger partial charge in [0.2, 0.25) is 17.2 Å². The molecule has 0 aromatic heterocycles. The summed E-state index contributed by atoms with van der Waals surface area (Å²) >= 11 is 6.40. The van der Waals surface area contributed by atoms with Crippen molar-refractivity contribution < 1.29 is 29.0 Å². The van der Waals surface area contributed by atoms with E-state index in [4.69, 9.17) is 27.8 Å². The minimum absolute atomic E-state index is 0.0298. The van der Waals surface area contributed by atoms with Gasteiger partial charge in [-0.2, -0.15) is 0 Å². The van der Waals surface area contributed by atoms with Crippen LogP contribution in [-0.4, -0.2) is 57.7 Å². The maximum Gasteiger partial charge on any atom is 0.326 e. The lowest BCUT2D eigenvalue weighted by Gasteiger charge is -2.37. The molecule has 3 atom stereocenters. The van der Waals surface area contributed by atoms with Crippen molar-refractivity contribution in [3.8, 4) is 0 Å². The van der Waals surface area contributed by atoms with E-state index in [1.54, 1.807) is 6.08 Å². The number of carbonyl (C=O) groups excluding carboxylic acids is 3. The first kappa shape index (κ1) is 30.6. The van der Waals surface area contributed by atoms with Gasteiger partial charge in [-0.05, 0) is 44.8 Å². The summed E-state index contributed by atoms with van der Waals surface area (Å²) in [4.78, 5) is 55.8. The quantitative estimate of drug-likeness (QED) is 0.0881. The molecule has 0 amide bonds. The van der Waals surface area contributed by atoms with Gasteiger partial charge < -0.3 is 26.2 Å². The van der Waals surface area contributed by atoms with E-state index in [9.17, 15) is 24.3 Å². The second-order valence-electron chi connectivity index (χ2n) is 9.46. The second-order valence-corrected chi connectivity index (χ2v) is 9.84. The SMILES string of the molecule is CCC(C)/C=C(C)/C=C/C1=CC2=C(Cl)C(=O)C(C)(OC(C)=O)C(=O)C2=CN1C(CCCN=C(N)N)C(=O)O. The molecule has 1 aliphatic carbocycles. The lowest BCUT2D eigenvalue weighted by atomic mass is 9.79. The molecule has 0 spiro atoms. The molecule has 0 aromatic carbocycles. The second kappa shape index (κ2) is 12.7. The molecule has 1 heterocycles. The number of fused-ring (bicyclic) bond motifs is 1. The predicted molar refractivity (Wildman–Crippen MR) is 145 cm³/mol. The number of carboxylic acid groups (broad SMARTS) is 1. The van der Waals surface area contributed by atoms with E-state index >= 15 is 0 Å². The Bertz CT molecular complexity index is 1190. The van der Waals surface area contributed by atoms with Gasteiger partial charge in [-0.3, -0.25) is 19.4 Å². The number of carbonyl (C=O) groups is 4. The van der Waals surface area contributed by atoms with Gasteiger partial charge in [-0.25, -0.2) is 4.79 Å². The van der Waals surface area contributed by atoms with Crippen molar-refractivity contribution in [3.05, 3.63) is 58.0 Å². The molecule has 3 unspecified atom stereocenters. The standard InChI is InChI=1S/C27H35ClN4O6/c1-6-15(2)12-16(3)9-10-18-13-19-20(23(34)27(5,38-17(4)33)24(35)22(19)28)14-32(18)21(25(36)37)8-7-11-31-26(29)30/h9-10,12-15,21H,6-8,11H2,1-5H3,(H,36,37)(H4,29,30,31)/b10-9+,16-12+. The normalized spacial score (nSPS) is 21.5. The number of ether oxygens (including phenoxy) is 1. The molecule has 5 N–H and O–H groups in total. The largest absolute Gasteiger partial charge is 0.480 e. The summed E-state index contributed by atoms with van der Waals surface area (Å²) in [6.07, 6.45) is 9.91. The van der Waals surface area contributed by atoms with Gasteiger partial charge in [0, 0.05) is 36.5 Å². The number of aliphatic imine (C=N–C) groups is 1. The monoisotopic (exact) mass is 546 g/mol. The number of carboxylic acids is 1. The number of nitrogens with zero attached hydrogens (tertiary/aromatic N) is 2. The highest BCUT2D eigenvalue weighted by molar-refractivity contribution is 6.49. The van der Waals surface area contributed by atoms with E-state index in [2.05, 4.69) is 24.9 Å². The fraction of sp³-hybridized carbons (Fsp3) is 0.444. The first-order valence-electron chi connectivity index (χ1n) is 12.3. The molecule has 38 heavy (non-hydrogen) atoms. The first-order valence-corrected chi connectivity index (χ1v) is 12.7. The Morgan fingerprint density at radius 1 is 1.26 bits per heavy atom.